The van der Waals surface area contributed by atoms with Gasteiger partial charge in [-0.15, -0.1) is 0 Å². The van der Waals surface area contributed by atoms with Crippen molar-refractivity contribution in [3.63, 3.8) is 0 Å². The second-order valence-corrected chi connectivity index (χ2v) is 4.63. The van der Waals surface area contributed by atoms with E-state index in [2.05, 4.69) is 12.0 Å². The van der Waals surface area contributed by atoms with Gasteiger partial charge < -0.3 is 5.73 Å². The van der Waals surface area contributed by atoms with E-state index >= 15 is 0 Å². The Kier molecular flexibility index (Phi) is 3.81. The monoisotopic (exact) mass is 257 g/mol. The zero-order chi connectivity index (χ0) is 14.0. The molecule has 0 saturated carbocycles. The number of benzene rings is 1. The third-order valence-electron chi connectivity index (χ3n) is 3.45. The quantitative estimate of drug-likeness (QED) is 0.913. The van der Waals surface area contributed by atoms with Crippen LogP contribution in [-0.2, 0) is 13.0 Å². The lowest BCUT2D eigenvalue weighted by molar-refractivity contribution is 0.754. The highest BCUT2D eigenvalue weighted by Crippen LogP contribution is 2.11. The lowest BCUT2D eigenvalue weighted by Gasteiger charge is -2.11. The fourth-order valence-electron chi connectivity index (χ4n) is 2.16. The molecular formula is C15H19N3O. The summed E-state index contributed by atoms with van der Waals surface area (Å²) in [4.78, 5) is 12.3. The van der Waals surface area contributed by atoms with Gasteiger partial charge in [-0.1, -0.05) is 19.1 Å². The summed E-state index contributed by atoms with van der Waals surface area (Å²) in [5.74, 6) is 0. The first-order valence-electron chi connectivity index (χ1n) is 6.47. The van der Waals surface area contributed by atoms with E-state index in [9.17, 15) is 4.79 Å². The minimum Gasteiger partial charge on any atom is -0.326 e. The van der Waals surface area contributed by atoms with Gasteiger partial charge >= 0.3 is 0 Å². The minimum absolute atomic E-state index is 0.102. The summed E-state index contributed by atoms with van der Waals surface area (Å²) in [5.41, 5.74) is 9.91. The lowest BCUT2D eigenvalue weighted by atomic mass is 10.1. The summed E-state index contributed by atoms with van der Waals surface area (Å²) in [7, 11) is 0. The Labute approximate surface area is 112 Å². The van der Waals surface area contributed by atoms with E-state index in [0.717, 1.165) is 23.4 Å². The number of aromatic nitrogens is 2. The summed E-state index contributed by atoms with van der Waals surface area (Å²) in [6.07, 6.45) is 0.979. The van der Waals surface area contributed by atoms with Gasteiger partial charge in [0.2, 0.25) is 0 Å². The van der Waals surface area contributed by atoms with E-state index in [1.54, 1.807) is 6.92 Å². The Morgan fingerprint density at radius 1 is 1.21 bits per heavy atom. The highest BCUT2D eigenvalue weighted by Gasteiger charge is 2.11. The standard InChI is InChI=1S/C15H19N3O/c1-4-12-5-7-13(8-6-12)18-15(19)10(2)14(9-16)11(3)17-18/h5-8H,4,9,16H2,1-3H3. The van der Waals surface area contributed by atoms with Gasteiger partial charge in [-0.2, -0.15) is 9.78 Å². The fourth-order valence-corrected chi connectivity index (χ4v) is 2.16. The largest absolute Gasteiger partial charge is 0.326 e. The van der Waals surface area contributed by atoms with Crippen molar-refractivity contribution >= 4 is 0 Å². The molecular weight excluding hydrogens is 238 g/mol. The molecule has 0 aliphatic carbocycles. The maximum atomic E-state index is 12.3. The molecule has 1 aromatic heterocycles. The van der Waals surface area contributed by atoms with Crippen LogP contribution in [0.4, 0.5) is 0 Å². The van der Waals surface area contributed by atoms with Gasteiger partial charge in [-0.25, -0.2) is 0 Å². The van der Waals surface area contributed by atoms with Crippen LogP contribution in [0.2, 0.25) is 0 Å². The fraction of sp³-hybridized carbons (Fsp3) is 0.333. The topological polar surface area (TPSA) is 60.9 Å². The number of aryl methyl sites for hydroxylation is 2. The Morgan fingerprint density at radius 2 is 1.84 bits per heavy atom. The molecule has 0 saturated heterocycles. The highest BCUT2D eigenvalue weighted by molar-refractivity contribution is 5.36. The summed E-state index contributed by atoms with van der Waals surface area (Å²) < 4.78 is 1.45. The maximum absolute atomic E-state index is 12.3. The number of hydrogen-bond acceptors (Lipinski definition) is 3. The van der Waals surface area contributed by atoms with Crippen molar-refractivity contribution in [3.05, 3.63) is 57.0 Å². The third kappa shape index (κ3) is 2.44. The molecule has 1 heterocycles. The van der Waals surface area contributed by atoms with E-state index in [1.807, 2.05) is 31.2 Å². The SMILES string of the molecule is CCc1ccc(-n2nc(C)c(CN)c(C)c2=O)cc1. The average Bonchev–Trinajstić information content (AvgIpc) is 2.43. The van der Waals surface area contributed by atoms with E-state index in [-0.39, 0.29) is 5.56 Å². The Balaban J connectivity index is 2.59. The van der Waals surface area contributed by atoms with Crippen LogP contribution in [-0.4, -0.2) is 9.78 Å². The molecule has 0 unspecified atom stereocenters. The molecule has 0 aliphatic rings. The molecule has 100 valence electrons. The van der Waals surface area contributed by atoms with Gasteiger partial charge in [0.25, 0.3) is 5.56 Å². The van der Waals surface area contributed by atoms with Crippen LogP contribution in [0, 0.1) is 13.8 Å². The summed E-state index contributed by atoms with van der Waals surface area (Å²) in [5, 5.41) is 4.35. The summed E-state index contributed by atoms with van der Waals surface area (Å²) in [6.45, 7) is 6.13. The first-order valence-corrected chi connectivity index (χ1v) is 6.47. The van der Waals surface area contributed by atoms with Crippen molar-refractivity contribution in [2.45, 2.75) is 33.7 Å². The lowest BCUT2D eigenvalue weighted by Crippen LogP contribution is -2.27. The van der Waals surface area contributed by atoms with Gasteiger partial charge in [0.1, 0.15) is 0 Å². The van der Waals surface area contributed by atoms with Crippen molar-refractivity contribution in [1.82, 2.24) is 9.78 Å². The van der Waals surface area contributed by atoms with Crippen LogP contribution in [0.15, 0.2) is 29.1 Å². The molecule has 0 spiro atoms. The molecule has 0 aliphatic heterocycles. The minimum atomic E-state index is -0.102. The predicted octanol–water partition coefficient (Wildman–Crippen LogP) is 1.87. The molecule has 2 aromatic rings. The first-order chi connectivity index (χ1) is 9.08. The Morgan fingerprint density at radius 3 is 2.37 bits per heavy atom. The molecule has 19 heavy (non-hydrogen) atoms. The van der Waals surface area contributed by atoms with Crippen molar-refractivity contribution < 1.29 is 0 Å². The first kappa shape index (κ1) is 13.5. The average molecular weight is 257 g/mol. The summed E-state index contributed by atoms with van der Waals surface area (Å²) in [6, 6.07) is 7.89. The number of nitrogens with zero attached hydrogens (tertiary/aromatic N) is 2. The third-order valence-corrected chi connectivity index (χ3v) is 3.45. The molecule has 0 bridgehead atoms. The maximum Gasteiger partial charge on any atom is 0.274 e. The zero-order valence-corrected chi connectivity index (χ0v) is 11.6. The molecule has 4 heteroatoms. The normalized spacial score (nSPS) is 10.7. The zero-order valence-electron chi connectivity index (χ0n) is 11.6. The molecule has 1 aromatic carbocycles. The van der Waals surface area contributed by atoms with E-state index in [1.165, 1.54) is 10.2 Å². The van der Waals surface area contributed by atoms with Crippen LogP contribution in [0.25, 0.3) is 5.69 Å². The molecule has 0 amide bonds. The Hall–Kier alpha value is -1.94. The Bertz CT molecular complexity index is 642. The van der Waals surface area contributed by atoms with Crippen LogP contribution in [0.1, 0.15) is 29.3 Å². The van der Waals surface area contributed by atoms with Crippen molar-refractivity contribution in [2.24, 2.45) is 5.73 Å². The van der Waals surface area contributed by atoms with Gasteiger partial charge in [0.05, 0.1) is 11.4 Å². The molecule has 0 radical (unpaired) electrons. The van der Waals surface area contributed by atoms with Crippen molar-refractivity contribution in [1.29, 1.82) is 0 Å². The number of rotatable bonds is 3. The predicted molar refractivity (Wildman–Crippen MR) is 76.6 cm³/mol. The van der Waals surface area contributed by atoms with Crippen LogP contribution in [0.5, 0.6) is 0 Å². The van der Waals surface area contributed by atoms with Gasteiger partial charge in [0, 0.05) is 12.1 Å². The highest BCUT2D eigenvalue weighted by atomic mass is 16.1. The van der Waals surface area contributed by atoms with Crippen molar-refractivity contribution in [3.8, 4) is 5.69 Å². The van der Waals surface area contributed by atoms with E-state index in [0.29, 0.717) is 12.1 Å². The van der Waals surface area contributed by atoms with Crippen LogP contribution >= 0.6 is 0 Å². The van der Waals surface area contributed by atoms with Crippen molar-refractivity contribution in [2.75, 3.05) is 0 Å². The van der Waals surface area contributed by atoms with E-state index < -0.39 is 0 Å². The van der Waals surface area contributed by atoms with Crippen LogP contribution in [0.3, 0.4) is 0 Å². The van der Waals surface area contributed by atoms with Gasteiger partial charge in [0.15, 0.2) is 0 Å². The molecule has 0 fully saturated rings. The summed E-state index contributed by atoms with van der Waals surface area (Å²) >= 11 is 0. The number of nitrogens with two attached hydrogens (primary N) is 1. The smallest absolute Gasteiger partial charge is 0.274 e. The molecule has 2 rings (SSSR count). The molecule has 2 N–H and O–H groups in total. The van der Waals surface area contributed by atoms with E-state index in [4.69, 9.17) is 5.73 Å². The second kappa shape index (κ2) is 5.36. The van der Waals surface area contributed by atoms with Crippen LogP contribution < -0.4 is 11.3 Å². The molecule has 4 nitrogen and oxygen atoms in total. The van der Waals surface area contributed by atoms with Gasteiger partial charge in [-0.3, -0.25) is 4.79 Å². The second-order valence-electron chi connectivity index (χ2n) is 4.63. The number of hydrogen-bond donors (Lipinski definition) is 1. The molecule has 0 atom stereocenters. The van der Waals surface area contributed by atoms with Gasteiger partial charge in [-0.05, 0) is 43.5 Å².